The van der Waals surface area contributed by atoms with Crippen LogP contribution in [0.5, 0.6) is 0 Å². The van der Waals surface area contributed by atoms with E-state index in [9.17, 15) is 0 Å². The van der Waals surface area contributed by atoms with Crippen LogP contribution in [-0.4, -0.2) is 26.3 Å². The highest BCUT2D eigenvalue weighted by molar-refractivity contribution is 4.78. The van der Waals surface area contributed by atoms with Crippen molar-refractivity contribution in [2.24, 2.45) is 5.92 Å². The van der Waals surface area contributed by atoms with E-state index in [1.807, 2.05) is 6.07 Å². The molecule has 3 nitrogen and oxygen atoms in total. The molecule has 1 atom stereocenters. The summed E-state index contributed by atoms with van der Waals surface area (Å²) >= 11 is 0. The smallest absolute Gasteiger partial charge is 0.0843 e. The summed E-state index contributed by atoms with van der Waals surface area (Å²) in [5, 5.41) is 11.4. The van der Waals surface area contributed by atoms with Crippen LogP contribution in [0, 0.1) is 17.2 Å². The Morgan fingerprint density at radius 3 is 2.55 bits per heavy atom. The molecule has 0 amide bonds. The van der Waals surface area contributed by atoms with Crippen molar-refractivity contribution in [2.75, 3.05) is 20.3 Å². The maximum atomic E-state index is 8.31. The fourth-order valence-electron chi connectivity index (χ4n) is 0.843. The molecular weight excluding hydrogens is 140 g/mol. The predicted octanol–water partition coefficient (Wildman–Crippen LogP) is 0.771. The van der Waals surface area contributed by atoms with E-state index >= 15 is 0 Å². The molecule has 0 rings (SSSR count). The van der Waals surface area contributed by atoms with E-state index in [4.69, 9.17) is 10.00 Å². The molecule has 0 fully saturated rings. The highest BCUT2D eigenvalue weighted by Gasteiger charge is 2.10. The van der Waals surface area contributed by atoms with Gasteiger partial charge < -0.3 is 4.74 Å². The maximum Gasteiger partial charge on any atom is 0.0843 e. The Kier molecular flexibility index (Phi) is 5.81. The van der Waals surface area contributed by atoms with Gasteiger partial charge in [-0.3, -0.25) is 5.32 Å². The third-order valence-electron chi connectivity index (χ3n) is 1.59. The molecule has 0 saturated heterocycles. The summed E-state index contributed by atoms with van der Waals surface area (Å²) < 4.78 is 4.99. The molecule has 11 heavy (non-hydrogen) atoms. The first-order valence-corrected chi connectivity index (χ1v) is 3.81. The van der Waals surface area contributed by atoms with Crippen molar-refractivity contribution in [1.82, 2.24) is 5.32 Å². The van der Waals surface area contributed by atoms with E-state index in [-0.39, 0.29) is 0 Å². The van der Waals surface area contributed by atoms with Crippen molar-refractivity contribution >= 4 is 0 Å². The number of hydrogen-bond acceptors (Lipinski definition) is 3. The Hall–Kier alpha value is -0.590. The molecule has 0 saturated carbocycles. The molecule has 64 valence electrons. The average molecular weight is 156 g/mol. The lowest BCUT2D eigenvalue weighted by Gasteiger charge is -2.19. The van der Waals surface area contributed by atoms with Crippen LogP contribution in [0.15, 0.2) is 0 Å². The Morgan fingerprint density at radius 2 is 2.18 bits per heavy atom. The Morgan fingerprint density at radius 1 is 1.55 bits per heavy atom. The van der Waals surface area contributed by atoms with E-state index in [0.29, 0.717) is 25.1 Å². The number of nitrogens with one attached hydrogen (secondary N) is 1. The van der Waals surface area contributed by atoms with Gasteiger partial charge in [0.2, 0.25) is 0 Å². The third-order valence-corrected chi connectivity index (χ3v) is 1.59. The lowest BCUT2D eigenvalue weighted by Crippen LogP contribution is -2.37. The van der Waals surface area contributed by atoms with Crippen LogP contribution in [-0.2, 0) is 4.74 Å². The first-order valence-electron chi connectivity index (χ1n) is 3.81. The Balaban J connectivity index is 3.62. The predicted molar refractivity (Wildman–Crippen MR) is 44.1 cm³/mol. The van der Waals surface area contributed by atoms with Gasteiger partial charge in [0.05, 0.1) is 19.2 Å². The van der Waals surface area contributed by atoms with Crippen molar-refractivity contribution in [3.63, 3.8) is 0 Å². The fourth-order valence-corrected chi connectivity index (χ4v) is 0.843. The summed E-state index contributed by atoms with van der Waals surface area (Å²) in [6.45, 7) is 5.27. The van der Waals surface area contributed by atoms with E-state index in [0.717, 1.165) is 0 Å². The third kappa shape index (κ3) is 4.77. The molecule has 0 heterocycles. The summed E-state index contributed by atoms with van der Waals surface area (Å²) in [4.78, 5) is 0. The molecule has 0 spiro atoms. The van der Waals surface area contributed by atoms with Crippen LogP contribution >= 0.6 is 0 Å². The van der Waals surface area contributed by atoms with E-state index in [1.165, 1.54) is 0 Å². The second kappa shape index (κ2) is 6.14. The zero-order valence-electron chi connectivity index (χ0n) is 7.42. The quantitative estimate of drug-likeness (QED) is 0.598. The molecule has 0 radical (unpaired) electrons. The number of nitriles is 1. The second-order valence-electron chi connectivity index (χ2n) is 2.84. The lowest BCUT2D eigenvalue weighted by atomic mass is 10.1. The van der Waals surface area contributed by atoms with Crippen LogP contribution in [0.25, 0.3) is 0 Å². The fraction of sp³-hybridized carbons (Fsp3) is 0.875. The maximum absolute atomic E-state index is 8.31. The highest BCUT2D eigenvalue weighted by atomic mass is 16.5. The van der Waals surface area contributed by atoms with Crippen LogP contribution in [0.1, 0.15) is 13.8 Å². The molecule has 3 heteroatoms. The standard InChI is InChI=1S/C8H16N2O/c1-7(2)8(6-11-3)10-5-4-9/h7-8,10H,5-6H2,1-3H3. The molecule has 1 N–H and O–H groups in total. The monoisotopic (exact) mass is 156 g/mol. The average Bonchev–Trinajstić information content (AvgIpc) is 1.97. The van der Waals surface area contributed by atoms with Gasteiger partial charge in [-0.15, -0.1) is 0 Å². The minimum absolute atomic E-state index is 0.291. The van der Waals surface area contributed by atoms with Crippen LogP contribution in [0.4, 0.5) is 0 Å². The van der Waals surface area contributed by atoms with Gasteiger partial charge >= 0.3 is 0 Å². The normalized spacial score (nSPS) is 13.0. The molecule has 0 aliphatic heterocycles. The second-order valence-corrected chi connectivity index (χ2v) is 2.84. The van der Waals surface area contributed by atoms with Gasteiger partial charge in [0.15, 0.2) is 0 Å². The first-order chi connectivity index (χ1) is 5.22. The van der Waals surface area contributed by atoms with Gasteiger partial charge in [0, 0.05) is 13.2 Å². The summed E-state index contributed by atoms with van der Waals surface area (Å²) in [7, 11) is 1.67. The van der Waals surface area contributed by atoms with Crippen molar-refractivity contribution in [3.05, 3.63) is 0 Å². The molecule has 1 unspecified atom stereocenters. The lowest BCUT2D eigenvalue weighted by molar-refractivity contribution is 0.149. The summed E-state index contributed by atoms with van der Waals surface area (Å²) in [6.07, 6.45) is 0. The molecule has 0 aromatic heterocycles. The van der Waals surface area contributed by atoms with Crippen molar-refractivity contribution in [1.29, 1.82) is 5.26 Å². The van der Waals surface area contributed by atoms with Crippen molar-refractivity contribution in [3.8, 4) is 6.07 Å². The number of rotatable bonds is 5. The largest absolute Gasteiger partial charge is 0.383 e. The molecule has 0 aliphatic carbocycles. The molecular formula is C8H16N2O. The zero-order chi connectivity index (χ0) is 8.69. The first kappa shape index (κ1) is 10.4. The van der Waals surface area contributed by atoms with Gasteiger partial charge in [0.25, 0.3) is 0 Å². The SMILES string of the molecule is COCC(NCC#N)C(C)C. The number of nitrogens with zero attached hydrogens (tertiary/aromatic N) is 1. The topological polar surface area (TPSA) is 45.0 Å². The van der Waals surface area contributed by atoms with Gasteiger partial charge in [-0.2, -0.15) is 5.26 Å². The van der Waals surface area contributed by atoms with Gasteiger partial charge in [0.1, 0.15) is 0 Å². The highest BCUT2D eigenvalue weighted by Crippen LogP contribution is 2.00. The molecule has 0 aromatic carbocycles. The van der Waals surface area contributed by atoms with Gasteiger partial charge in [-0.1, -0.05) is 13.8 Å². The molecule has 0 bridgehead atoms. The van der Waals surface area contributed by atoms with Crippen molar-refractivity contribution in [2.45, 2.75) is 19.9 Å². The van der Waals surface area contributed by atoms with Gasteiger partial charge in [-0.05, 0) is 5.92 Å². The van der Waals surface area contributed by atoms with Crippen LogP contribution in [0.3, 0.4) is 0 Å². The minimum atomic E-state index is 0.291. The van der Waals surface area contributed by atoms with Crippen LogP contribution in [0.2, 0.25) is 0 Å². The Bertz CT molecular complexity index is 129. The Labute approximate surface area is 68.3 Å². The number of methoxy groups -OCH3 is 1. The number of hydrogen-bond donors (Lipinski definition) is 1. The molecule has 0 aromatic rings. The summed E-state index contributed by atoms with van der Waals surface area (Å²) in [6, 6.07) is 2.34. The molecule has 0 aliphatic rings. The van der Waals surface area contributed by atoms with E-state index in [2.05, 4.69) is 19.2 Å². The minimum Gasteiger partial charge on any atom is -0.383 e. The van der Waals surface area contributed by atoms with E-state index < -0.39 is 0 Å². The van der Waals surface area contributed by atoms with Crippen LogP contribution < -0.4 is 5.32 Å². The summed E-state index contributed by atoms with van der Waals surface area (Å²) in [5.74, 6) is 0.503. The van der Waals surface area contributed by atoms with Crippen molar-refractivity contribution < 1.29 is 4.74 Å². The van der Waals surface area contributed by atoms with Gasteiger partial charge in [-0.25, -0.2) is 0 Å². The zero-order valence-corrected chi connectivity index (χ0v) is 7.42. The van der Waals surface area contributed by atoms with E-state index in [1.54, 1.807) is 7.11 Å². The summed E-state index contributed by atoms with van der Waals surface area (Å²) in [5.41, 5.74) is 0. The number of ether oxygens (including phenoxy) is 1.